The number of pyridine rings is 1. The Bertz CT molecular complexity index is 1000. The fourth-order valence-corrected chi connectivity index (χ4v) is 4.44. The number of carbonyl (C=O) groups is 1. The van der Waals surface area contributed by atoms with E-state index in [1.165, 1.54) is 6.07 Å². The average molecular weight is 376 g/mol. The van der Waals surface area contributed by atoms with Crippen molar-refractivity contribution < 1.29 is 9.18 Å². The van der Waals surface area contributed by atoms with Crippen LogP contribution in [-0.4, -0.2) is 44.4 Å². The lowest BCUT2D eigenvalue weighted by molar-refractivity contribution is 0.0553. The summed E-state index contributed by atoms with van der Waals surface area (Å²) in [6.45, 7) is 2.53. The number of hydrogen-bond acceptors (Lipinski definition) is 3. The monoisotopic (exact) mass is 376 g/mol. The number of likely N-dealkylation sites (tertiary alicyclic amines) is 1. The van der Waals surface area contributed by atoms with E-state index >= 15 is 0 Å². The summed E-state index contributed by atoms with van der Waals surface area (Å²) in [4.78, 5) is 21.7. The van der Waals surface area contributed by atoms with E-state index in [0.717, 1.165) is 18.8 Å². The summed E-state index contributed by atoms with van der Waals surface area (Å²) >= 11 is 0. The molecule has 1 saturated heterocycles. The third kappa shape index (κ3) is 2.90. The first kappa shape index (κ1) is 17.1. The summed E-state index contributed by atoms with van der Waals surface area (Å²) in [6.07, 6.45) is 3.73. The first-order valence-corrected chi connectivity index (χ1v) is 9.54. The van der Waals surface area contributed by atoms with Gasteiger partial charge in [-0.05, 0) is 30.3 Å². The zero-order valence-electron chi connectivity index (χ0n) is 15.4. The molecule has 0 aliphatic carbocycles. The highest BCUT2D eigenvalue weighted by molar-refractivity contribution is 5.94. The third-order valence-corrected chi connectivity index (χ3v) is 5.76. The minimum Gasteiger partial charge on any atom is -0.337 e. The van der Waals surface area contributed by atoms with Gasteiger partial charge in [-0.2, -0.15) is 0 Å². The number of amides is 1. The van der Waals surface area contributed by atoms with Gasteiger partial charge in [0, 0.05) is 37.6 Å². The fraction of sp³-hybridized carbons (Fsp3) is 0.273. The molecule has 1 amide bonds. The number of benzene rings is 1. The van der Waals surface area contributed by atoms with Crippen molar-refractivity contribution in [3.05, 3.63) is 89.8 Å². The van der Waals surface area contributed by atoms with Gasteiger partial charge >= 0.3 is 0 Å². The lowest BCUT2D eigenvalue weighted by Gasteiger charge is -2.38. The molecule has 1 aromatic carbocycles. The van der Waals surface area contributed by atoms with Crippen molar-refractivity contribution in [3.8, 4) is 0 Å². The van der Waals surface area contributed by atoms with Gasteiger partial charge in [0.1, 0.15) is 11.5 Å². The molecule has 1 fully saturated rings. The van der Waals surface area contributed by atoms with Crippen LogP contribution in [0, 0.1) is 5.82 Å². The molecule has 142 valence electrons. The summed E-state index contributed by atoms with van der Waals surface area (Å²) < 4.78 is 16.2. The zero-order chi connectivity index (χ0) is 19.1. The van der Waals surface area contributed by atoms with Gasteiger partial charge in [0.05, 0.1) is 24.3 Å². The first-order valence-electron chi connectivity index (χ1n) is 9.54. The Kier molecular flexibility index (Phi) is 4.20. The summed E-state index contributed by atoms with van der Waals surface area (Å²) in [5, 5.41) is 0. The number of carbonyl (C=O) groups excluding carboxylic acids is 1. The smallest absolute Gasteiger partial charge is 0.271 e. The second-order valence-electron chi connectivity index (χ2n) is 7.48. The van der Waals surface area contributed by atoms with Crippen LogP contribution < -0.4 is 0 Å². The molecule has 28 heavy (non-hydrogen) atoms. The maximum absolute atomic E-state index is 14.1. The average Bonchev–Trinajstić information content (AvgIpc) is 3.35. The van der Waals surface area contributed by atoms with Crippen LogP contribution in [0.5, 0.6) is 0 Å². The third-order valence-electron chi connectivity index (χ3n) is 5.76. The molecular formula is C22H21FN4O. The van der Waals surface area contributed by atoms with Crippen LogP contribution in [0.3, 0.4) is 0 Å². The normalized spacial score (nSPS) is 21.6. The van der Waals surface area contributed by atoms with E-state index in [0.29, 0.717) is 24.3 Å². The predicted molar refractivity (Wildman–Crippen MR) is 103 cm³/mol. The van der Waals surface area contributed by atoms with E-state index in [2.05, 4.69) is 14.5 Å². The SMILES string of the molecule is O=C1c2cccn2[C@H]2CN(Cc3ccccc3F)C[C@@H]2N1Cc1ccccn1. The highest BCUT2D eigenvalue weighted by atomic mass is 19.1. The number of hydrogen-bond donors (Lipinski definition) is 0. The fourth-order valence-electron chi connectivity index (χ4n) is 4.44. The molecule has 5 rings (SSSR count). The van der Waals surface area contributed by atoms with Crippen molar-refractivity contribution in [1.82, 2.24) is 19.4 Å². The van der Waals surface area contributed by atoms with E-state index in [-0.39, 0.29) is 23.8 Å². The number of rotatable bonds is 4. The molecule has 0 radical (unpaired) electrons. The molecule has 0 bridgehead atoms. The largest absolute Gasteiger partial charge is 0.337 e. The molecule has 5 nitrogen and oxygen atoms in total. The van der Waals surface area contributed by atoms with E-state index in [9.17, 15) is 9.18 Å². The molecule has 0 saturated carbocycles. The molecule has 2 aliphatic rings. The second-order valence-corrected chi connectivity index (χ2v) is 7.48. The quantitative estimate of drug-likeness (QED) is 0.703. The lowest BCUT2D eigenvalue weighted by atomic mass is 10.1. The maximum atomic E-state index is 14.1. The van der Waals surface area contributed by atoms with Crippen molar-refractivity contribution in [1.29, 1.82) is 0 Å². The zero-order valence-corrected chi connectivity index (χ0v) is 15.4. The van der Waals surface area contributed by atoms with E-state index in [4.69, 9.17) is 0 Å². The standard InChI is InChI=1S/C22H21FN4O/c23-18-8-2-1-6-16(18)12-25-14-20-21(15-25)27(13-17-7-3-4-10-24-17)22(28)19-9-5-11-26(19)20/h1-11,20-21H,12-15H2/t20-,21-/m0/s1. The molecule has 0 spiro atoms. The van der Waals surface area contributed by atoms with Crippen molar-refractivity contribution in [2.45, 2.75) is 25.2 Å². The van der Waals surface area contributed by atoms with Crippen molar-refractivity contribution in [3.63, 3.8) is 0 Å². The van der Waals surface area contributed by atoms with Gasteiger partial charge in [0.15, 0.2) is 0 Å². The molecule has 0 unspecified atom stereocenters. The van der Waals surface area contributed by atoms with Crippen LogP contribution in [0.25, 0.3) is 0 Å². The van der Waals surface area contributed by atoms with Gasteiger partial charge in [-0.25, -0.2) is 4.39 Å². The van der Waals surface area contributed by atoms with Crippen LogP contribution in [0.2, 0.25) is 0 Å². The first-order chi connectivity index (χ1) is 13.7. The summed E-state index contributed by atoms with van der Waals surface area (Å²) in [5.74, 6) is -0.148. The van der Waals surface area contributed by atoms with Gasteiger partial charge in [0.25, 0.3) is 5.91 Å². The minimum atomic E-state index is -0.180. The molecule has 6 heteroatoms. The summed E-state index contributed by atoms with van der Waals surface area (Å²) in [7, 11) is 0. The van der Waals surface area contributed by atoms with Gasteiger partial charge in [-0.1, -0.05) is 24.3 Å². The van der Waals surface area contributed by atoms with E-state index in [1.54, 1.807) is 12.3 Å². The molecule has 3 aromatic rings. The molecule has 4 heterocycles. The Balaban J connectivity index is 1.44. The van der Waals surface area contributed by atoms with Crippen LogP contribution in [0.1, 0.15) is 27.8 Å². The van der Waals surface area contributed by atoms with E-state index < -0.39 is 0 Å². The highest BCUT2D eigenvalue weighted by Gasteiger charge is 2.45. The van der Waals surface area contributed by atoms with Gasteiger partial charge < -0.3 is 9.47 Å². The van der Waals surface area contributed by atoms with Crippen molar-refractivity contribution in [2.24, 2.45) is 0 Å². The molecule has 2 atom stereocenters. The van der Waals surface area contributed by atoms with Gasteiger partial charge in [0.2, 0.25) is 0 Å². The summed E-state index contributed by atoms with van der Waals surface area (Å²) in [5.41, 5.74) is 2.28. The maximum Gasteiger partial charge on any atom is 0.271 e. The van der Waals surface area contributed by atoms with Crippen molar-refractivity contribution >= 4 is 5.91 Å². The Morgan fingerprint density at radius 2 is 1.79 bits per heavy atom. The molecular weight excluding hydrogens is 355 g/mol. The lowest BCUT2D eigenvalue weighted by Crippen LogP contribution is -2.49. The number of fused-ring (bicyclic) bond motifs is 3. The van der Waals surface area contributed by atoms with Gasteiger partial charge in [-0.15, -0.1) is 0 Å². The molecule has 0 N–H and O–H groups in total. The Labute approximate surface area is 163 Å². The van der Waals surface area contributed by atoms with E-state index in [1.807, 2.05) is 53.6 Å². The number of aromatic nitrogens is 2. The predicted octanol–water partition coefficient (Wildman–Crippen LogP) is 3.10. The van der Waals surface area contributed by atoms with Crippen LogP contribution in [-0.2, 0) is 13.1 Å². The van der Waals surface area contributed by atoms with Crippen LogP contribution >= 0.6 is 0 Å². The molecule has 2 aromatic heterocycles. The minimum absolute atomic E-state index is 0.0321. The van der Waals surface area contributed by atoms with Crippen molar-refractivity contribution in [2.75, 3.05) is 13.1 Å². The summed E-state index contributed by atoms with van der Waals surface area (Å²) in [6, 6.07) is 16.7. The highest BCUT2D eigenvalue weighted by Crippen LogP contribution is 2.35. The topological polar surface area (TPSA) is 41.4 Å². The number of halogens is 1. The Morgan fingerprint density at radius 1 is 0.964 bits per heavy atom. The van der Waals surface area contributed by atoms with Crippen LogP contribution in [0.4, 0.5) is 4.39 Å². The van der Waals surface area contributed by atoms with Gasteiger partial charge in [-0.3, -0.25) is 14.7 Å². The Hall–Kier alpha value is -2.99. The Morgan fingerprint density at radius 3 is 2.61 bits per heavy atom. The van der Waals surface area contributed by atoms with Crippen LogP contribution in [0.15, 0.2) is 67.0 Å². The number of nitrogens with zero attached hydrogens (tertiary/aromatic N) is 4. The second kappa shape index (κ2) is 6.87. The molecule has 2 aliphatic heterocycles.